The number of nitrogens with one attached hydrogen (secondary N) is 2. The first kappa shape index (κ1) is 19.8. The normalized spacial score (nSPS) is 11.5. The zero-order valence-electron chi connectivity index (χ0n) is 14.1. The summed E-state index contributed by atoms with van der Waals surface area (Å²) in [5.41, 5.74) is 0.998. The van der Waals surface area contributed by atoms with Crippen molar-refractivity contribution in [2.75, 3.05) is 15.8 Å². The van der Waals surface area contributed by atoms with Gasteiger partial charge in [0.2, 0.25) is 5.91 Å². The summed E-state index contributed by atoms with van der Waals surface area (Å²) in [6, 6.07) is 9.68. The van der Waals surface area contributed by atoms with E-state index in [0.29, 0.717) is 22.0 Å². The van der Waals surface area contributed by atoms with E-state index in [1.807, 2.05) is 0 Å². The smallest absolute Gasteiger partial charge is 0.221 e. The van der Waals surface area contributed by atoms with Crippen LogP contribution in [-0.4, -0.2) is 31.8 Å². The van der Waals surface area contributed by atoms with Gasteiger partial charge in [-0.05, 0) is 36.4 Å². The van der Waals surface area contributed by atoms with Crippen LogP contribution >= 0.6 is 11.8 Å². The fraction of sp³-hybridized carbons (Fsp3) is 0.176. The number of carbonyl (C=O) groups excluding carboxylic acids is 3. The third-order valence-corrected chi connectivity index (χ3v) is 4.99. The zero-order valence-corrected chi connectivity index (χ0v) is 15.8. The van der Waals surface area contributed by atoms with Crippen molar-refractivity contribution in [3.8, 4) is 0 Å². The Morgan fingerprint density at radius 1 is 1.08 bits per heavy atom. The van der Waals surface area contributed by atoms with Crippen LogP contribution < -0.4 is 10.0 Å². The topological polar surface area (TPSA) is 105 Å². The van der Waals surface area contributed by atoms with Gasteiger partial charge in [-0.2, -0.15) is 0 Å². The maximum Gasteiger partial charge on any atom is 0.221 e. The molecule has 0 fully saturated rings. The number of hydrogen-bond acceptors (Lipinski definition) is 6. The summed E-state index contributed by atoms with van der Waals surface area (Å²) in [6.07, 6.45) is 1.38. The van der Waals surface area contributed by atoms with Crippen LogP contribution in [0, 0.1) is 0 Å². The average molecular weight is 391 g/mol. The number of Topliss-reactive ketones (excluding diaryl/α,β-unsaturated/α-hetero) is 1. The van der Waals surface area contributed by atoms with Gasteiger partial charge in [-0.3, -0.25) is 19.1 Å². The van der Waals surface area contributed by atoms with Crippen molar-refractivity contribution < 1.29 is 18.6 Å². The third-order valence-electron chi connectivity index (χ3n) is 3.08. The highest BCUT2D eigenvalue weighted by Gasteiger charge is 2.10. The molecule has 1 heterocycles. The molecule has 2 aromatic rings. The van der Waals surface area contributed by atoms with Crippen molar-refractivity contribution in [3.05, 3.63) is 48.2 Å². The Hall–Kier alpha value is -2.52. The predicted octanol–water partition coefficient (Wildman–Crippen LogP) is 2.64. The average Bonchev–Trinajstić information content (AvgIpc) is 2.60. The fourth-order valence-corrected chi connectivity index (χ4v) is 3.20. The molecule has 0 radical (unpaired) electrons. The molecule has 0 aliphatic carbocycles. The largest absolute Gasteiger partial charge is 0.326 e. The quantitative estimate of drug-likeness (QED) is 0.703. The standard InChI is InChI=1S/C17H17N3O4S2/c1-11(21)19-14-4-6-15(7-5-14)26(24)20-17-8-3-13(9-18-17)16(23)10-25-12(2)22/h3-9H,10H2,1-2H3,(H,18,20)(H,19,21). The van der Waals surface area contributed by atoms with Gasteiger partial charge in [0.05, 0.1) is 10.6 Å². The minimum atomic E-state index is -1.54. The van der Waals surface area contributed by atoms with Crippen LogP contribution in [0.5, 0.6) is 0 Å². The van der Waals surface area contributed by atoms with E-state index in [1.165, 1.54) is 20.0 Å². The van der Waals surface area contributed by atoms with E-state index in [2.05, 4.69) is 15.0 Å². The van der Waals surface area contributed by atoms with E-state index in [4.69, 9.17) is 0 Å². The highest BCUT2D eigenvalue weighted by Crippen LogP contribution is 2.15. The summed E-state index contributed by atoms with van der Waals surface area (Å²) in [5.74, 6) is 0.0395. The van der Waals surface area contributed by atoms with Crippen molar-refractivity contribution in [3.63, 3.8) is 0 Å². The van der Waals surface area contributed by atoms with Crippen molar-refractivity contribution >= 4 is 51.1 Å². The van der Waals surface area contributed by atoms with Crippen molar-refractivity contribution in [1.82, 2.24) is 4.98 Å². The van der Waals surface area contributed by atoms with E-state index < -0.39 is 11.0 Å². The zero-order chi connectivity index (χ0) is 19.1. The predicted molar refractivity (Wildman–Crippen MR) is 102 cm³/mol. The number of carbonyl (C=O) groups is 3. The molecule has 7 nitrogen and oxygen atoms in total. The lowest BCUT2D eigenvalue weighted by Crippen LogP contribution is -2.09. The molecule has 0 aliphatic rings. The second-order valence-electron chi connectivity index (χ2n) is 5.21. The number of amides is 1. The van der Waals surface area contributed by atoms with Crippen LogP contribution in [0.3, 0.4) is 0 Å². The van der Waals surface area contributed by atoms with Gasteiger partial charge in [0, 0.05) is 31.3 Å². The molecule has 1 aromatic heterocycles. The Labute approximate surface area is 157 Å². The molecular formula is C17H17N3O4S2. The van der Waals surface area contributed by atoms with Gasteiger partial charge in [-0.1, -0.05) is 11.8 Å². The molecule has 1 unspecified atom stereocenters. The molecule has 26 heavy (non-hydrogen) atoms. The molecule has 0 saturated heterocycles. The summed E-state index contributed by atoms with van der Waals surface area (Å²) in [7, 11) is -1.54. The number of anilines is 2. The lowest BCUT2D eigenvalue weighted by molar-refractivity contribution is -0.114. The maximum absolute atomic E-state index is 12.3. The van der Waals surface area contributed by atoms with Gasteiger partial charge in [0.15, 0.2) is 21.9 Å². The van der Waals surface area contributed by atoms with E-state index in [1.54, 1.807) is 36.4 Å². The van der Waals surface area contributed by atoms with Crippen LogP contribution in [0.25, 0.3) is 0 Å². The number of thioether (sulfide) groups is 1. The number of ketones is 1. The van der Waals surface area contributed by atoms with Gasteiger partial charge in [0.25, 0.3) is 0 Å². The number of aromatic nitrogens is 1. The van der Waals surface area contributed by atoms with Crippen LogP contribution in [0.2, 0.25) is 0 Å². The first-order valence-corrected chi connectivity index (χ1v) is 9.67. The van der Waals surface area contributed by atoms with E-state index in [-0.39, 0.29) is 22.6 Å². The third kappa shape index (κ3) is 6.08. The second-order valence-corrected chi connectivity index (χ2v) is 7.58. The van der Waals surface area contributed by atoms with Crippen molar-refractivity contribution in [2.45, 2.75) is 18.7 Å². The molecule has 2 N–H and O–H groups in total. The summed E-state index contributed by atoms with van der Waals surface area (Å²) < 4.78 is 15.0. The molecule has 0 spiro atoms. The molecule has 0 bridgehead atoms. The van der Waals surface area contributed by atoms with E-state index in [0.717, 1.165) is 11.8 Å². The minimum Gasteiger partial charge on any atom is -0.326 e. The monoisotopic (exact) mass is 391 g/mol. The van der Waals surface area contributed by atoms with Gasteiger partial charge >= 0.3 is 0 Å². The molecule has 1 aromatic carbocycles. The molecular weight excluding hydrogens is 374 g/mol. The van der Waals surface area contributed by atoms with Crippen LogP contribution in [0.1, 0.15) is 24.2 Å². The first-order valence-electron chi connectivity index (χ1n) is 7.54. The maximum atomic E-state index is 12.3. The Kier molecular flexibility index (Phi) is 7.05. The van der Waals surface area contributed by atoms with Crippen LogP contribution in [0.15, 0.2) is 47.5 Å². The SMILES string of the molecule is CC(=O)Nc1ccc(S(=O)Nc2ccc(C(=O)CSC(C)=O)cn2)cc1. The lowest BCUT2D eigenvalue weighted by atomic mass is 10.2. The minimum absolute atomic E-state index is 0.0658. The van der Waals surface area contributed by atoms with Gasteiger partial charge in [-0.15, -0.1) is 0 Å². The van der Waals surface area contributed by atoms with E-state index in [9.17, 15) is 18.6 Å². The first-order chi connectivity index (χ1) is 12.3. The van der Waals surface area contributed by atoms with Gasteiger partial charge in [-0.25, -0.2) is 9.19 Å². The molecule has 0 saturated carbocycles. The molecule has 136 valence electrons. The van der Waals surface area contributed by atoms with Crippen LogP contribution in [-0.2, 0) is 20.6 Å². The highest BCUT2D eigenvalue weighted by atomic mass is 32.2. The Bertz CT molecular complexity index is 836. The van der Waals surface area contributed by atoms with Crippen LogP contribution in [0.4, 0.5) is 11.5 Å². The number of pyridine rings is 1. The van der Waals surface area contributed by atoms with E-state index >= 15 is 0 Å². The van der Waals surface area contributed by atoms with Gasteiger partial charge in [0.1, 0.15) is 5.82 Å². The highest BCUT2D eigenvalue weighted by molar-refractivity contribution is 8.14. The summed E-state index contributed by atoms with van der Waals surface area (Å²) in [4.78, 5) is 38.4. The Morgan fingerprint density at radius 2 is 1.77 bits per heavy atom. The Morgan fingerprint density at radius 3 is 2.31 bits per heavy atom. The lowest BCUT2D eigenvalue weighted by Gasteiger charge is -2.07. The summed E-state index contributed by atoms with van der Waals surface area (Å²) >= 11 is 0.944. The number of rotatable bonds is 7. The Balaban J connectivity index is 1.97. The number of nitrogens with zero attached hydrogens (tertiary/aromatic N) is 1. The summed E-state index contributed by atoms with van der Waals surface area (Å²) in [6.45, 7) is 2.81. The summed E-state index contributed by atoms with van der Waals surface area (Å²) in [5, 5.41) is 2.51. The molecule has 2 rings (SSSR count). The molecule has 9 heteroatoms. The van der Waals surface area contributed by atoms with Crippen molar-refractivity contribution in [1.29, 1.82) is 0 Å². The number of benzene rings is 1. The molecule has 0 aliphatic heterocycles. The second kappa shape index (κ2) is 9.25. The van der Waals surface area contributed by atoms with Gasteiger partial charge < -0.3 is 5.32 Å². The molecule has 1 atom stereocenters. The number of hydrogen-bond donors (Lipinski definition) is 2. The van der Waals surface area contributed by atoms with Crippen molar-refractivity contribution in [2.24, 2.45) is 0 Å². The fourth-order valence-electron chi connectivity index (χ4n) is 1.89. The molecule has 1 amide bonds.